The van der Waals surface area contributed by atoms with E-state index in [9.17, 15) is 0 Å². The van der Waals surface area contributed by atoms with Crippen molar-refractivity contribution < 1.29 is 0 Å². The van der Waals surface area contributed by atoms with Gasteiger partial charge in [-0.1, -0.05) is 19.3 Å². The zero-order valence-corrected chi connectivity index (χ0v) is 6.71. The third-order valence-corrected chi connectivity index (χ3v) is 2.25. The molecule has 1 saturated carbocycles. The van der Waals surface area contributed by atoms with Gasteiger partial charge in [0.1, 0.15) is 0 Å². The van der Waals surface area contributed by atoms with Crippen LogP contribution in [0.3, 0.4) is 0 Å². The fraction of sp³-hybridized carbons (Fsp3) is 0.857. The van der Waals surface area contributed by atoms with Crippen LogP contribution >= 0.6 is 0 Å². The lowest BCUT2D eigenvalue weighted by molar-refractivity contribution is 0.245. The first kappa shape index (κ1) is 8.33. The van der Waals surface area contributed by atoms with Gasteiger partial charge in [0, 0.05) is 6.04 Å². The average molecular weight is 156 g/mol. The maximum absolute atomic E-state index is 7.12. The molecule has 0 spiro atoms. The van der Waals surface area contributed by atoms with Crippen LogP contribution in [0.5, 0.6) is 0 Å². The Morgan fingerprint density at radius 1 is 1.27 bits per heavy atom. The maximum atomic E-state index is 7.12. The monoisotopic (exact) mass is 156 g/mol. The topological polar surface area (TPSA) is 79.1 Å². The van der Waals surface area contributed by atoms with Crippen molar-refractivity contribution in [2.75, 3.05) is 0 Å². The van der Waals surface area contributed by atoms with Crippen LogP contribution in [0.4, 0.5) is 0 Å². The van der Waals surface area contributed by atoms with Crippen molar-refractivity contribution in [3.8, 4) is 0 Å². The Balaban J connectivity index is 2.38. The molecule has 0 aliphatic heterocycles. The van der Waals surface area contributed by atoms with E-state index in [1.807, 2.05) is 0 Å². The Bertz CT molecular complexity index is 139. The van der Waals surface area contributed by atoms with Gasteiger partial charge in [-0.3, -0.25) is 10.4 Å². The smallest absolute Gasteiger partial charge is 0.203 e. The molecule has 0 unspecified atom stereocenters. The number of hydrazine groups is 1. The molecule has 0 aromatic heterocycles. The normalized spacial score (nSPS) is 19.7. The number of nitrogens with two attached hydrogens (primary N) is 2. The van der Waals surface area contributed by atoms with Gasteiger partial charge in [-0.2, -0.15) is 0 Å². The van der Waals surface area contributed by atoms with E-state index in [1.165, 1.54) is 24.3 Å². The van der Waals surface area contributed by atoms with Crippen molar-refractivity contribution >= 4 is 5.96 Å². The first-order valence-electron chi connectivity index (χ1n) is 4.10. The van der Waals surface area contributed by atoms with Crippen LogP contribution < -0.4 is 11.6 Å². The van der Waals surface area contributed by atoms with Gasteiger partial charge < -0.3 is 5.73 Å². The van der Waals surface area contributed by atoms with Crippen molar-refractivity contribution in [3.63, 3.8) is 0 Å². The van der Waals surface area contributed by atoms with Gasteiger partial charge >= 0.3 is 0 Å². The van der Waals surface area contributed by atoms with Gasteiger partial charge in [0.2, 0.25) is 5.96 Å². The fourth-order valence-electron chi connectivity index (χ4n) is 1.56. The molecule has 0 atom stereocenters. The molecule has 0 heterocycles. The molecule has 0 aromatic carbocycles. The van der Waals surface area contributed by atoms with Crippen LogP contribution in [-0.2, 0) is 0 Å². The van der Waals surface area contributed by atoms with Gasteiger partial charge in [0.25, 0.3) is 0 Å². The maximum Gasteiger partial charge on any atom is 0.203 e. The van der Waals surface area contributed by atoms with Crippen molar-refractivity contribution in [1.29, 1.82) is 5.41 Å². The number of nitrogens with zero attached hydrogens (tertiary/aromatic N) is 1. The minimum Gasteiger partial charge on any atom is -0.369 e. The number of guanidine groups is 1. The lowest BCUT2D eigenvalue weighted by atomic mass is 9.95. The molecule has 0 radical (unpaired) electrons. The summed E-state index contributed by atoms with van der Waals surface area (Å²) >= 11 is 0. The number of nitrogens with one attached hydrogen (secondary N) is 1. The lowest BCUT2D eigenvalue weighted by Crippen LogP contribution is -2.49. The molecule has 4 nitrogen and oxygen atoms in total. The summed E-state index contributed by atoms with van der Waals surface area (Å²) in [5.41, 5.74) is 5.25. The van der Waals surface area contributed by atoms with E-state index in [-0.39, 0.29) is 5.96 Å². The second-order valence-electron chi connectivity index (χ2n) is 3.08. The highest BCUT2D eigenvalue weighted by atomic mass is 15.5. The summed E-state index contributed by atoms with van der Waals surface area (Å²) in [6.07, 6.45) is 5.88. The molecule has 1 fully saturated rings. The number of rotatable bonds is 1. The molecular weight excluding hydrogens is 140 g/mol. The molecule has 4 heteroatoms. The second-order valence-corrected chi connectivity index (χ2v) is 3.08. The van der Waals surface area contributed by atoms with Gasteiger partial charge in [-0.05, 0) is 12.8 Å². The van der Waals surface area contributed by atoms with Crippen LogP contribution in [-0.4, -0.2) is 17.0 Å². The highest BCUT2D eigenvalue weighted by molar-refractivity contribution is 5.74. The van der Waals surface area contributed by atoms with E-state index in [0.717, 1.165) is 12.8 Å². The molecule has 0 aromatic rings. The lowest BCUT2D eigenvalue weighted by Gasteiger charge is -2.30. The predicted molar refractivity (Wildman–Crippen MR) is 44.8 cm³/mol. The van der Waals surface area contributed by atoms with Gasteiger partial charge in [-0.15, -0.1) is 0 Å². The van der Waals surface area contributed by atoms with Crippen LogP contribution in [0.1, 0.15) is 32.1 Å². The average Bonchev–Trinajstić information content (AvgIpc) is 2.05. The highest BCUT2D eigenvalue weighted by Crippen LogP contribution is 2.20. The van der Waals surface area contributed by atoms with E-state index < -0.39 is 0 Å². The highest BCUT2D eigenvalue weighted by Gasteiger charge is 2.18. The molecule has 1 aliphatic rings. The molecule has 0 amide bonds. The zero-order chi connectivity index (χ0) is 8.27. The van der Waals surface area contributed by atoms with Crippen molar-refractivity contribution in [1.82, 2.24) is 5.01 Å². The third kappa shape index (κ3) is 2.08. The van der Waals surface area contributed by atoms with E-state index in [1.54, 1.807) is 0 Å². The van der Waals surface area contributed by atoms with Crippen LogP contribution in [0.2, 0.25) is 0 Å². The number of hydrogen-bond donors (Lipinski definition) is 3. The fourth-order valence-corrected chi connectivity index (χ4v) is 1.56. The van der Waals surface area contributed by atoms with Gasteiger partial charge in [0.05, 0.1) is 0 Å². The summed E-state index contributed by atoms with van der Waals surface area (Å²) in [7, 11) is 0. The predicted octanol–water partition coefficient (Wildman–Crippen LogP) is 0.388. The largest absolute Gasteiger partial charge is 0.369 e. The third-order valence-electron chi connectivity index (χ3n) is 2.25. The first-order chi connectivity index (χ1) is 5.22. The zero-order valence-electron chi connectivity index (χ0n) is 6.71. The van der Waals surface area contributed by atoms with Crippen LogP contribution in [0, 0.1) is 5.41 Å². The van der Waals surface area contributed by atoms with E-state index in [0.29, 0.717) is 6.04 Å². The molecule has 1 aliphatic carbocycles. The summed E-state index contributed by atoms with van der Waals surface area (Å²) < 4.78 is 0. The summed E-state index contributed by atoms with van der Waals surface area (Å²) in [4.78, 5) is 0. The van der Waals surface area contributed by atoms with Gasteiger partial charge in [-0.25, -0.2) is 5.84 Å². The summed E-state index contributed by atoms with van der Waals surface area (Å²) in [6, 6.07) is 0.307. The Morgan fingerprint density at radius 3 is 2.27 bits per heavy atom. The minimum absolute atomic E-state index is 0.0168. The second kappa shape index (κ2) is 3.57. The van der Waals surface area contributed by atoms with Crippen LogP contribution in [0.15, 0.2) is 0 Å². The van der Waals surface area contributed by atoms with Crippen molar-refractivity contribution in [3.05, 3.63) is 0 Å². The Hall–Kier alpha value is -0.770. The van der Waals surface area contributed by atoms with Crippen molar-refractivity contribution in [2.24, 2.45) is 11.6 Å². The van der Waals surface area contributed by atoms with E-state index >= 15 is 0 Å². The van der Waals surface area contributed by atoms with Crippen molar-refractivity contribution in [2.45, 2.75) is 38.1 Å². The van der Waals surface area contributed by atoms with E-state index in [2.05, 4.69) is 0 Å². The SMILES string of the molecule is N=C(N)N(N)C1CCCCC1. The molecule has 5 N–H and O–H groups in total. The molecular formula is C7H16N4. The Morgan fingerprint density at radius 2 is 1.82 bits per heavy atom. The first-order valence-corrected chi connectivity index (χ1v) is 4.10. The molecule has 1 rings (SSSR count). The van der Waals surface area contributed by atoms with E-state index in [4.69, 9.17) is 17.0 Å². The Kier molecular flexibility index (Phi) is 2.70. The standard InChI is InChI=1S/C7H16N4/c8-7(9)11(10)6-4-2-1-3-5-6/h6H,1-5,10H2,(H3,8,9). The summed E-state index contributed by atoms with van der Waals surface area (Å²) in [5, 5.41) is 8.50. The summed E-state index contributed by atoms with van der Waals surface area (Å²) in [5.74, 6) is 5.56. The minimum atomic E-state index is -0.0168. The van der Waals surface area contributed by atoms with Gasteiger partial charge in [0.15, 0.2) is 0 Å². The molecule has 0 bridgehead atoms. The summed E-state index contributed by atoms with van der Waals surface area (Å²) in [6.45, 7) is 0. The molecule has 0 saturated heterocycles. The van der Waals surface area contributed by atoms with Crippen LogP contribution in [0.25, 0.3) is 0 Å². The Labute approximate surface area is 67.0 Å². The number of hydrogen-bond acceptors (Lipinski definition) is 2. The quantitative estimate of drug-likeness (QED) is 0.222. The molecule has 64 valence electrons. The molecule has 11 heavy (non-hydrogen) atoms.